The molecule has 1 aliphatic rings. The van der Waals surface area contributed by atoms with Crippen LogP contribution in [0.2, 0.25) is 0 Å². The number of ether oxygens (including phenoxy) is 1. The standard InChI is InChI=1S/C17H20N2OS/c1-12-11-13(6-8-15(12)20-2)7-9-16-19-14-5-3-4-10-18-17(14)21-16/h6-9,11,18H,3-5,10H2,1-2H3/b9-7+. The summed E-state index contributed by atoms with van der Waals surface area (Å²) in [5, 5.41) is 5.79. The van der Waals surface area contributed by atoms with Crippen molar-refractivity contribution in [1.82, 2.24) is 4.98 Å². The average molecular weight is 300 g/mol. The van der Waals surface area contributed by atoms with Crippen LogP contribution in [0.25, 0.3) is 12.2 Å². The first-order chi connectivity index (χ1) is 10.3. The molecule has 2 heterocycles. The minimum Gasteiger partial charge on any atom is -0.496 e. The molecule has 110 valence electrons. The third-order valence-corrected chi connectivity index (χ3v) is 4.70. The molecule has 1 aromatic heterocycles. The van der Waals surface area contributed by atoms with Crippen molar-refractivity contribution >= 4 is 28.5 Å². The Hall–Kier alpha value is -1.81. The lowest BCUT2D eigenvalue weighted by atomic mass is 10.1. The van der Waals surface area contributed by atoms with Gasteiger partial charge in [0.25, 0.3) is 0 Å². The van der Waals surface area contributed by atoms with Gasteiger partial charge in [-0.2, -0.15) is 0 Å². The molecule has 0 bridgehead atoms. The van der Waals surface area contributed by atoms with E-state index in [1.807, 2.05) is 6.07 Å². The molecule has 4 heteroatoms. The quantitative estimate of drug-likeness (QED) is 0.913. The minimum atomic E-state index is 0.928. The average Bonchev–Trinajstić information content (AvgIpc) is 2.75. The van der Waals surface area contributed by atoms with Crippen molar-refractivity contribution < 1.29 is 4.74 Å². The van der Waals surface area contributed by atoms with E-state index in [2.05, 4.69) is 36.5 Å². The zero-order valence-electron chi connectivity index (χ0n) is 12.5. The Morgan fingerprint density at radius 2 is 2.19 bits per heavy atom. The maximum Gasteiger partial charge on any atom is 0.121 e. The minimum absolute atomic E-state index is 0.928. The van der Waals surface area contributed by atoms with Crippen molar-refractivity contribution in [2.75, 3.05) is 19.0 Å². The molecule has 0 saturated carbocycles. The Morgan fingerprint density at radius 3 is 3.00 bits per heavy atom. The highest BCUT2D eigenvalue weighted by atomic mass is 32.1. The van der Waals surface area contributed by atoms with E-state index in [4.69, 9.17) is 9.72 Å². The number of aromatic nitrogens is 1. The predicted molar refractivity (Wildman–Crippen MR) is 90.2 cm³/mol. The first kappa shape index (κ1) is 14.1. The van der Waals surface area contributed by atoms with Crippen molar-refractivity contribution in [1.29, 1.82) is 0 Å². The summed E-state index contributed by atoms with van der Waals surface area (Å²) in [7, 11) is 1.70. The van der Waals surface area contributed by atoms with Gasteiger partial charge in [-0.15, -0.1) is 0 Å². The molecule has 0 amide bonds. The smallest absolute Gasteiger partial charge is 0.121 e. The first-order valence-electron chi connectivity index (χ1n) is 7.32. The van der Waals surface area contributed by atoms with Gasteiger partial charge >= 0.3 is 0 Å². The zero-order valence-corrected chi connectivity index (χ0v) is 13.3. The number of benzene rings is 1. The van der Waals surface area contributed by atoms with E-state index in [9.17, 15) is 0 Å². The van der Waals surface area contributed by atoms with Gasteiger partial charge in [0.05, 0.1) is 12.8 Å². The summed E-state index contributed by atoms with van der Waals surface area (Å²) in [5.41, 5.74) is 3.55. The fourth-order valence-electron chi connectivity index (χ4n) is 2.54. The topological polar surface area (TPSA) is 34.1 Å². The van der Waals surface area contributed by atoms with Crippen LogP contribution in [0.4, 0.5) is 5.00 Å². The van der Waals surface area contributed by atoms with Crippen molar-refractivity contribution in [3.63, 3.8) is 0 Å². The molecular formula is C17H20N2OS. The number of hydrogen-bond donors (Lipinski definition) is 1. The van der Waals surface area contributed by atoms with Crippen LogP contribution in [0.15, 0.2) is 18.2 Å². The molecule has 0 fully saturated rings. The third-order valence-electron chi connectivity index (χ3n) is 3.68. The van der Waals surface area contributed by atoms with Crippen molar-refractivity contribution in [2.45, 2.75) is 26.2 Å². The predicted octanol–water partition coefficient (Wildman–Crippen LogP) is 4.38. The molecule has 21 heavy (non-hydrogen) atoms. The van der Waals surface area contributed by atoms with Gasteiger partial charge in [-0.25, -0.2) is 4.98 Å². The van der Waals surface area contributed by atoms with E-state index in [0.29, 0.717) is 0 Å². The molecule has 1 aromatic carbocycles. The third kappa shape index (κ3) is 3.27. The summed E-state index contributed by atoms with van der Waals surface area (Å²) >= 11 is 1.75. The normalized spacial score (nSPS) is 14.6. The second kappa shape index (κ2) is 6.31. The molecule has 0 radical (unpaired) electrons. The lowest BCUT2D eigenvalue weighted by Crippen LogP contribution is -1.96. The number of aryl methyl sites for hydroxylation is 2. The number of rotatable bonds is 3. The molecule has 1 aliphatic heterocycles. The highest BCUT2D eigenvalue weighted by Gasteiger charge is 2.12. The number of methoxy groups -OCH3 is 1. The van der Waals surface area contributed by atoms with Crippen LogP contribution >= 0.6 is 11.3 Å². The van der Waals surface area contributed by atoms with Gasteiger partial charge in [-0.1, -0.05) is 23.5 Å². The van der Waals surface area contributed by atoms with Gasteiger partial charge in [0.15, 0.2) is 0 Å². The van der Waals surface area contributed by atoms with Gasteiger partial charge in [-0.05, 0) is 55.5 Å². The summed E-state index contributed by atoms with van der Waals surface area (Å²) < 4.78 is 5.29. The van der Waals surface area contributed by atoms with Gasteiger partial charge < -0.3 is 10.1 Å². The molecule has 2 aromatic rings. The molecule has 0 saturated heterocycles. The van der Waals surface area contributed by atoms with Gasteiger partial charge in [0, 0.05) is 6.54 Å². The molecule has 1 N–H and O–H groups in total. The van der Waals surface area contributed by atoms with Crippen LogP contribution < -0.4 is 10.1 Å². The lowest BCUT2D eigenvalue weighted by molar-refractivity contribution is 0.411. The number of thiazole rings is 1. The molecule has 3 rings (SSSR count). The van der Waals surface area contributed by atoms with Crippen LogP contribution in [0, 0.1) is 6.92 Å². The summed E-state index contributed by atoms with van der Waals surface area (Å²) in [6.07, 6.45) is 7.77. The van der Waals surface area contributed by atoms with Crippen molar-refractivity contribution in [3.05, 3.63) is 40.0 Å². The zero-order chi connectivity index (χ0) is 14.7. The van der Waals surface area contributed by atoms with E-state index >= 15 is 0 Å². The summed E-state index contributed by atoms with van der Waals surface area (Å²) in [6, 6.07) is 6.21. The highest BCUT2D eigenvalue weighted by molar-refractivity contribution is 7.16. The van der Waals surface area contributed by atoms with E-state index in [0.717, 1.165) is 29.3 Å². The van der Waals surface area contributed by atoms with Crippen molar-refractivity contribution in [2.24, 2.45) is 0 Å². The highest BCUT2D eigenvalue weighted by Crippen LogP contribution is 2.29. The Balaban J connectivity index is 1.78. The van der Waals surface area contributed by atoms with E-state index in [-0.39, 0.29) is 0 Å². The molecule has 0 unspecified atom stereocenters. The first-order valence-corrected chi connectivity index (χ1v) is 8.14. The van der Waals surface area contributed by atoms with E-state index < -0.39 is 0 Å². The monoisotopic (exact) mass is 300 g/mol. The number of hydrogen-bond acceptors (Lipinski definition) is 4. The van der Waals surface area contributed by atoms with Crippen LogP contribution in [-0.4, -0.2) is 18.6 Å². The fourth-order valence-corrected chi connectivity index (χ4v) is 3.48. The molecule has 0 aliphatic carbocycles. The summed E-state index contributed by atoms with van der Waals surface area (Å²) in [5.74, 6) is 0.928. The second-order valence-corrected chi connectivity index (χ2v) is 6.30. The number of nitrogens with zero attached hydrogens (tertiary/aromatic N) is 1. The molecule has 0 atom stereocenters. The van der Waals surface area contributed by atoms with Gasteiger partial charge in [-0.3, -0.25) is 0 Å². The van der Waals surface area contributed by atoms with E-state index in [1.54, 1.807) is 18.4 Å². The van der Waals surface area contributed by atoms with Crippen LogP contribution in [-0.2, 0) is 6.42 Å². The molecular weight excluding hydrogens is 280 g/mol. The maximum atomic E-state index is 5.29. The lowest BCUT2D eigenvalue weighted by Gasteiger charge is -2.04. The second-order valence-electron chi connectivity index (χ2n) is 5.27. The maximum absolute atomic E-state index is 5.29. The van der Waals surface area contributed by atoms with Crippen LogP contribution in [0.5, 0.6) is 5.75 Å². The van der Waals surface area contributed by atoms with Crippen molar-refractivity contribution in [3.8, 4) is 5.75 Å². The Labute approximate surface area is 129 Å². The van der Waals surface area contributed by atoms with Crippen LogP contribution in [0.1, 0.15) is 34.7 Å². The molecule has 0 spiro atoms. The number of anilines is 1. The van der Waals surface area contributed by atoms with Crippen LogP contribution in [0.3, 0.4) is 0 Å². The molecule has 3 nitrogen and oxygen atoms in total. The summed E-state index contributed by atoms with van der Waals surface area (Å²) in [6.45, 7) is 3.13. The largest absolute Gasteiger partial charge is 0.496 e. The summed E-state index contributed by atoms with van der Waals surface area (Å²) in [4.78, 5) is 4.73. The van der Waals surface area contributed by atoms with Gasteiger partial charge in [0.2, 0.25) is 0 Å². The number of fused-ring (bicyclic) bond motifs is 1. The Morgan fingerprint density at radius 1 is 1.29 bits per heavy atom. The Bertz CT molecular complexity index is 637. The fraction of sp³-hybridized carbons (Fsp3) is 0.353. The van der Waals surface area contributed by atoms with E-state index in [1.165, 1.54) is 29.1 Å². The van der Waals surface area contributed by atoms with Gasteiger partial charge in [0.1, 0.15) is 15.8 Å². The Kier molecular flexibility index (Phi) is 4.25. The SMILES string of the molecule is COc1ccc(/C=C/c2nc3c(s2)NCCCC3)cc1C. The number of nitrogens with one attached hydrogen (secondary N) is 1.